The van der Waals surface area contributed by atoms with Crippen LogP contribution in [-0.4, -0.2) is 38.8 Å². The summed E-state index contributed by atoms with van der Waals surface area (Å²) in [6, 6.07) is 3.32. The molecule has 0 atom stereocenters. The van der Waals surface area contributed by atoms with Gasteiger partial charge in [-0.2, -0.15) is 0 Å². The van der Waals surface area contributed by atoms with E-state index in [1.807, 2.05) is 0 Å². The number of carbonyl (C=O) groups excluding carboxylic acids is 2. The number of sulfone groups is 1. The number of ketones is 1. The second-order valence-corrected chi connectivity index (χ2v) is 9.84. The zero-order valence-electron chi connectivity index (χ0n) is 11.4. The molecule has 0 radical (unpaired) electrons. The lowest BCUT2D eigenvalue weighted by Crippen LogP contribution is -2.26. The van der Waals surface area contributed by atoms with E-state index in [0.717, 1.165) is 3.79 Å². The molecule has 1 heterocycles. The molecule has 0 aliphatic heterocycles. The van der Waals surface area contributed by atoms with Crippen molar-refractivity contribution in [3.8, 4) is 0 Å². The summed E-state index contributed by atoms with van der Waals surface area (Å²) in [5, 5.41) is 0. The van der Waals surface area contributed by atoms with Crippen molar-refractivity contribution in [3.63, 3.8) is 0 Å². The van der Waals surface area contributed by atoms with Crippen LogP contribution in [0, 0.1) is 5.41 Å². The number of methoxy groups -OCH3 is 1. The lowest BCUT2D eigenvalue weighted by Gasteiger charge is -2.13. The van der Waals surface area contributed by atoms with Crippen molar-refractivity contribution in [1.82, 2.24) is 0 Å². The van der Waals surface area contributed by atoms with Crippen LogP contribution >= 0.6 is 27.3 Å². The van der Waals surface area contributed by atoms with E-state index in [4.69, 9.17) is 0 Å². The number of hydrogen-bond donors (Lipinski definition) is 0. The summed E-state index contributed by atoms with van der Waals surface area (Å²) in [5.74, 6) is -1.45. The Labute approximate surface area is 135 Å². The molecule has 0 unspecified atom stereocenters. The van der Waals surface area contributed by atoms with E-state index < -0.39 is 32.8 Å². The molecule has 0 aromatic carbocycles. The van der Waals surface area contributed by atoms with E-state index in [0.29, 0.717) is 17.7 Å². The van der Waals surface area contributed by atoms with Crippen LogP contribution in [0.4, 0.5) is 0 Å². The van der Waals surface area contributed by atoms with E-state index in [1.165, 1.54) is 18.4 Å². The lowest BCUT2D eigenvalue weighted by atomic mass is 10.1. The topological polar surface area (TPSA) is 77.5 Å². The summed E-state index contributed by atoms with van der Waals surface area (Å²) in [7, 11) is -2.25. The molecule has 116 valence electrons. The largest absolute Gasteiger partial charge is 0.469 e. The fraction of sp³-hybridized carbons (Fsp3) is 0.538. The summed E-state index contributed by atoms with van der Waals surface area (Å²) < 4.78 is 29.7. The molecular weight excluding hydrogens is 380 g/mol. The molecule has 21 heavy (non-hydrogen) atoms. The van der Waals surface area contributed by atoms with Gasteiger partial charge in [-0.05, 0) is 46.3 Å². The third-order valence-electron chi connectivity index (χ3n) is 3.43. The Bertz CT molecular complexity index is 658. The number of carbonyl (C=O) groups is 2. The average molecular weight is 395 g/mol. The van der Waals surface area contributed by atoms with Crippen LogP contribution in [0.2, 0.25) is 0 Å². The molecule has 1 saturated carbocycles. The second-order valence-electron chi connectivity index (χ2n) is 5.31. The van der Waals surface area contributed by atoms with Gasteiger partial charge in [0.05, 0.1) is 27.9 Å². The minimum atomic E-state index is -3.53. The Hall–Kier alpha value is -0.730. The lowest BCUT2D eigenvalue weighted by molar-refractivity contribution is -0.141. The van der Waals surface area contributed by atoms with E-state index in [2.05, 4.69) is 20.7 Å². The van der Waals surface area contributed by atoms with Crippen molar-refractivity contribution in [2.45, 2.75) is 19.3 Å². The van der Waals surface area contributed by atoms with Gasteiger partial charge >= 0.3 is 5.97 Å². The highest BCUT2D eigenvalue weighted by molar-refractivity contribution is 9.11. The second kappa shape index (κ2) is 6.18. The van der Waals surface area contributed by atoms with E-state index in [9.17, 15) is 18.0 Å². The molecule has 1 aliphatic carbocycles. The minimum absolute atomic E-state index is 0.0987. The zero-order valence-corrected chi connectivity index (χ0v) is 14.6. The third kappa shape index (κ3) is 4.62. The fourth-order valence-corrected chi connectivity index (χ4v) is 5.58. The molecular formula is C13H15BrO5S2. The maximum Gasteiger partial charge on any atom is 0.306 e. The van der Waals surface area contributed by atoms with Crippen molar-refractivity contribution in [2.75, 3.05) is 18.6 Å². The highest BCUT2D eigenvalue weighted by atomic mass is 79.9. The number of esters is 1. The smallest absolute Gasteiger partial charge is 0.306 e. The number of halogens is 1. The summed E-state index contributed by atoms with van der Waals surface area (Å²) in [6.45, 7) is 0. The van der Waals surface area contributed by atoms with Gasteiger partial charge in [0.15, 0.2) is 15.6 Å². The number of thiophene rings is 1. The van der Waals surface area contributed by atoms with Crippen molar-refractivity contribution in [1.29, 1.82) is 0 Å². The summed E-state index contributed by atoms with van der Waals surface area (Å²) >= 11 is 4.45. The van der Waals surface area contributed by atoms with Crippen LogP contribution in [-0.2, 0) is 19.4 Å². The molecule has 0 spiro atoms. The van der Waals surface area contributed by atoms with Crippen molar-refractivity contribution >= 4 is 48.9 Å². The Kier molecular flexibility index (Phi) is 4.89. The van der Waals surface area contributed by atoms with Crippen LogP contribution in [0.3, 0.4) is 0 Å². The SMILES string of the molecule is COC(=O)CC1(CS(=O)(=O)CC(=O)c2ccc(Br)s2)CC1. The predicted octanol–water partition coefficient (Wildman–Crippen LogP) is 2.45. The Balaban J connectivity index is 1.99. The Morgan fingerprint density at radius 3 is 2.52 bits per heavy atom. The minimum Gasteiger partial charge on any atom is -0.469 e. The van der Waals surface area contributed by atoms with Crippen LogP contribution in [0.15, 0.2) is 15.9 Å². The molecule has 1 aliphatic rings. The van der Waals surface area contributed by atoms with Crippen LogP contribution in [0.1, 0.15) is 28.9 Å². The molecule has 1 aromatic heterocycles. The average Bonchev–Trinajstić information content (AvgIpc) is 2.95. The molecule has 0 bridgehead atoms. The number of rotatable bonds is 7. The van der Waals surface area contributed by atoms with Gasteiger partial charge in [-0.25, -0.2) is 8.42 Å². The Morgan fingerprint density at radius 2 is 2.05 bits per heavy atom. The first-order valence-corrected chi connectivity index (χ1v) is 9.74. The standard InChI is InChI=1S/C13H15BrO5S2/c1-19-12(16)6-13(4-5-13)8-21(17,18)7-9(15)10-2-3-11(14)20-10/h2-3H,4-8H2,1H3. The maximum atomic E-state index is 12.2. The summed E-state index contributed by atoms with van der Waals surface area (Å²) in [5.41, 5.74) is -0.526. The van der Waals surface area contributed by atoms with Gasteiger partial charge in [-0.15, -0.1) is 11.3 Å². The summed E-state index contributed by atoms with van der Waals surface area (Å²) in [4.78, 5) is 23.7. The van der Waals surface area contributed by atoms with E-state index in [-0.39, 0.29) is 12.2 Å². The van der Waals surface area contributed by atoms with Crippen LogP contribution < -0.4 is 0 Å². The van der Waals surface area contributed by atoms with Crippen molar-refractivity contribution < 1.29 is 22.7 Å². The van der Waals surface area contributed by atoms with Crippen LogP contribution in [0.25, 0.3) is 0 Å². The highest BCUT2D eigenvalue weighted by Crippen LogP contribution is 2.50. The third-order valence-corrected chi connectivity index (χ3v) is 6.85. The van der Waals surface area contributed by atoms with Crippen molar-refractivity contribution in [3.05, 3.63) is 20.8 Å². The number of ether oxygens (including phenoxy) is 1. The van der Waals surface area contributed by atoms with Gasteiger partial charge in [0.25, 0.3) is 0 Å². The van der Waals surface area contributed by atoms with Gasteiger partial charge < -0.3 is 4.74 Å². The van der Waals surface area contributed by atoms with Gasteiger partial charge in [0, 0.05) is 0 Å². The normalized spacial score (nSPS) is 16.5. The van der Waals surface area contributed by atoms with E-state index in [1.54, 1.807) is 12.1 Å². The molecule has 8 heteroatoms. The fourth-order valence-electron chi connectivity index (χ4n) is 2.18. The highest BCUT2D eigenvalue weighted by Gasteiger charge is 2.48. The van der Waals surface area contributed by atoms with Crippen LogP contribution in [0.5, 0.6) is 0 Å². The number of hydrogen-bond acceptors (Lipinski definition) is 6. The first-order valence-electron chi connectivity index (χ1n) is 6.31. The van der Waals surface area contributed by atoms with E-state index >= 15 is 0 Å². The summed E-state index contributed by atoms with van der Waals surface area (Å²) in [6.07, 6.45) is 1.46. The molecule has 0 saturated heterocycles. The van der Waals surface area contributed by atoms with Gasteiger partial charge in [0.1, 0.15) is 5.75 Å². The molecule has 5 nitrogen and oxygen atoms in total. The zero-order chi connectivity index (χ0) is 15.7. The predicted molar refractivity (Wildman–Crippen MR) is 83.3 cm³/mol. The van der Waals surface area contributed by atoms with Crippen molar-refractivity contribution in [2.24, 2.45) is 5.41 Å². The van der Waals surface area contributed by atoms with Gasteiger partial charge in [-0.1, -0.05) is 0 Å². The molecule has 0 amide bonds. The first kappa shape index (κ1) is 16.6. The maximum absolute atomic E-state index is 12.2. The molecule has 0 N–H and O–H groups in total. The quantitative estimate of drug-likeness (QED) is 0.524. The monoisotopic (exact) mass is 394 g/mol. The molecule has 2 rings (SSSR count). The first-order chi connectivity index (χ1) is 9.75. The number of Topliss-reactive ketones (excluding diaryl/α,β-unsaturated/α-hetero) is 1. The Morgan fingerprint density at radius 1 is 1.38 bits per heavy atom. The molecule has 1 aromatic rings. The molecule has 1 fully saturated rings. The van der Waals surface area contributed by atoms with Gasteiger partial charge in [0.2, 0.25) is 0 Å². The van der Waals surface area contributed by atoms with Gasteiger partial charge in [-0.3, -0.25) is 9.59 Å².